The molecule has 2 aromatic heterocycles. The number of rotatable bonds is 3. The van der Waals surface area contributed by atoms with E-state index in [0.717, 1.165) is 22.2 Å². The van der Waals surface area contributed by atoms with Crippen molar-refractivity contribution in [1.29, 1.82) is 0 Å². The van der Waals surface area contributed by atoms with Gasteiger partial charge in [-0.15, -0.1) is 0 Å². The van der Waals surface area contributed by atoms with Gasteiger partial charge in [-0.2, -0.15) is 0 Å². The number of fused-ring (bicyclic) bond motifs is 1. The Hall–Kier alpha value is -2.62. The minimum atomic E-state index is -0.0390. The summed E-state index contributed by atoms with van der Waals surface area (Å²) in [5.41, 5.74) is 2.79. The number of nitrogens with zero attached hydrogens (tertiary/aromatic N) is 1. The molecule has 0 aliphatic heterocycles. The first-order valence-electron chi connectivity index (χ1n) is 6.07. The predicted octanol–water partition coefficient (Wildman–Crippen LogP) is 2.74. The van der Waals surface area contributed by atoms with Gasteiger partial charge in [0.25, 0.3) is 0 Å². The molecule has 4 nitrogen and oxygen atoms in total. The minimum absolute atomic E-state index is 0.0390. The van der Waals surface area contributed by atoms with Gasteiger partial charge < -0.3 is 10.3 Å². The molecule has 3 aromatic rings. The van der Waals surface area contributed by atoms with Crippen LogP contribution < -0.4 is 5.32 Å². The number of pyridine rings is 1. The number of carbonyl (C=O) groups excluding carboxylic acids is 1. The van der Waals surface area contributed by atoms with Crippen molar-refractivity contribution in [3.05, 3.63) is 60.6 Å². The molecule has 4 heteroatoms. The lowest BCUT2D eigenvalue weighted by Gasteiger charge is -2.04. The zero-order valence-electron chi connectivity index (χ0n) is 10.3. The topological polar surface area (TPSA) is 57.8 Å². The SMILES string of the molecule is O=C(Cc1ccc2[nH]ccc2c1)Nc1cccnc1. The van der Waals surface area contributed by atoms with Crippen LogP contribution in [0.1, 0.15) is 5.56 Å². The maximum atomic E-state index is 11.9. The van der Waals surface area contributed by atoms with E-state index >= 15 is 0 Å². The smallest absolute Gasteiger partial charge is 0.228 e. The largest absolute Gasteiger partial charge is 0.361 e. The van der Waals surface area contributed by atoms with Gasteiger partial charge in [-0.25, -0.2) is 0 Å². The molecular weight excluding hydrogens is 238 g/mol. The van der Waals surface area contributed by atoms with Gasteiger partial charge in [0.2, 0.25) is 5.91 Å². The molecule has 2 heterocycles. The molecule has 0 saturated carbocycles. The number of anilines is 1. The van der Waals surface area contributed by atoms with E-state index < -0.39 is 0 Å². The molecule has 3 rings (SSSR count). The highest BCUT2D eigenvalue weighted by atomic mass is 16.1. The second-order valence-electron chi connectivity index (χ2n) is 4.37. The fourth-order valence-corrected chi connectivity index (χ4v) is 2.04. The van der Waals surface area contributed by atoms with Crippen LogP contribution in [0.15, 0.2) is 55.0 Å². The third-order valence-electron chi connectivity index (χ3n) is 2.93. The van der Waals surface area contributed by atoms with Crippen LogP contribution in [-0.2, 0) is 11.2 Å². The van der Waals surface area contributed by atoms with E-state index in [-0.39, 0.29) is 5.91 Å². The van der Waals surface area contributed by atoms with Crippen LogP contribution in [0.5, 0.6) is 0 Å². The lowest BCUT2D eigenvalue weighted by atomic mass is 10.1. The van der Waals surface area contributed by atoms with Crippen molar-refractivity contribution in [2.24, 2.45) is 0 Å². The van der Waals surface area contributed by atoms with Crippen molar-refractivity contribution in [1.82, 2.24) is 9.97 Å². The average molecular weight is 251 g/mol. The predicted molar refractivity (Wildman–Crippen MR) is 74.9 cm³/mol. The van der Waals surface area contributed by atoms with E-state index in [0.29, 0.717) is 6.42 Å². The molecule has 0 aliphatic carbocycles. The van der Waals surface area contributed by atoms with Gasteiger partial charge in [-0.3, -0.25) is 9.78 Å². The molecular formula is C15H13N3O. The molecule has 0 unspecified atom stereocenters. The first-order valence-corrected chi connectivity index (χ1v) is 6.07. The number of H-pyrrole nitrogens is 1. The number of hydrogen-bond acceptors (Lipinski definition) is 2. The molecule has 1 aromatic carbocycles. The lowest BCUT2D eigenvalue weighted by Crippen LogP contribution is -2.14. The van der Waals surface area contributed by atoms with Crippen LogP contribution in [0, 0.1) is 0 Å². The normalized spacial score (nSPS) is 10.5. The van der Waals surface area contributed by atoms with Gasteiger partial charge in [0.1, 0.15) is 0 Å². The highest BCUT2D eigenvalue weighted by Gasteiger charge is 2.05. The van der Waals surface area contributed by atoms with Crippen LogP contribution in [0.25, 0.3) is 10.9 Å². The number of carbonyl (C=O) groups is 1. The van der Waals surface area contributed by atoms with E-state index in [1.54, 1.807) is 18.5 Å². The summed E-state index contributed by atoms with van der Waals surface area (Å²) in [5, 5.41) is 3.94. The van der Waals surface area contributed by atoms with Crippen LogP contribution in [-0.4, -0.2) is 15.9 Å². The van der Waals surface area contributed by atoms with Gasteiger partial charge >= 0.3 is 0 Å². The Labute approximate surface area is 110 Å². The Kier molecular flexibility index (Phi) is 2.98. The summed E-state index contributed by atoms with van der Waals surface area (Å²) in [5.74, 6) is -0.0390. The summed E-state index contributed by atoms with van der Waals surface area (Å²) in [6.07, 6.45) is 5.56. The number of hydrogen-bond donors (Lipinski definition) is 2. The van der Waals surface area contributed by atoms with E-state index in [1.165, 1.54) is 0 Å². The average Bonchev–Trinajstić information content (AvgIpc) is 2.87. The summed E-state index contributed by atoms with van der Waals surface area (Å²) in [6.45, 7) is 0. The second-order valence-corrected chi connectivity index (χ2v) is 4.37. The van der Waals surface area contributed by atoms with Crippen molar-refractivity contribution in [3.63, 3.8) is 0 Å². The standard InChI is InChI=1S/C15H13N3O/c19-15(18-13-2-1-6-16-10-13)9-11-3-4-14-12(8-11)5-7-17-14/h1-8,10,17H,9H2,(H,18,19). The Morgan fingerprint density at radius 1 is 1.26 bits per heavy atom. The van der Waals surface area contributed by atoms with E-state index in [9.17, 15) is 4.79 Å². The number of benzene rings is 1. The van der Waals surface area contributed by atoms with Crippen molar-refractivity contribution in [2.75, 3.05) is 5.32 Å². The van der Waals surface area contributed by atoms with Crippen LogP contribution in [0.2, 0.25) is 0 Å². The van der Waals surface area contributed by atoms with Crippen molar-refractivity contribution in [3.8, 4) is 0 Å². The van der Waals surface area contributed by atoms with E-state index in [4.69, 9.17) is 0 Å². The fourth-order valence-electron chi connectivity index (χ4n) is 2.04. The highest BCUT2D eigenvalue weighted by molar-refractivity contribution is 5.92. The van der Waals surface area contributed by atoms with Crippen LogP contribution in [0.4, 0.5) is 5.69 Å². The molecule has 0 bridgehead atoms. The maximum absolute atomic E-state index is 11.9. The van der Waals surface area contributed by atoms with Crippen LogP contribution in [0.3, 0.4) is 0 Å². The third-order valence-corrected chi connectivity index (χ3v) is 2.93. The van der Waals surface area contributed by atoms with Crippen molar-refractivity contribution < 1.29 is 4.79 Å². The number of amides is 1. The molecule has 0 radical (unpaired) electrons. The summed E-state index contributed by atoms with van der Waals surface area (Å²) in [6, 6.07) is 11.6. The quantitative estimate of drug-likeness (QED) is 0.752. The van der Waals surface area contributed by atoms with E-state index in [1.807, 2.05) is 36.5 Å². The summed E-state index contributed by atoms with van der Waals surface area (Å²) >= 11 is 0. The van der Waals surface area contributed by atoms with Gasteiger partial charge in [0.15, 0.2) is 0 Å². The summed E-state index contributed by atoms with van der Waals surface area (Å²) < 4.78 is 0. The third kappa shape index (κ3) is 2.63. The molecule has 2 N–H and O–H groups in total. The lowest BCUT2D eigenvalue weighted by molar-refractivity contribution is -0.115. The number of aromatic nitrogens is 2. The van der Waals surface area contributed by atoms with Gasteiger partial charge in [0, 0.05) is 17.9 Å². The molecule has 94 valence electrons. The molecule has 0 saturated heterocycles. The summed E-state index contributed by atoms with van der Waals surface area (Å²) in [4.78, 5) is 19.0. The van der Waals surface area contributed by atoms with Gasteiger partial charge in [-0.05, 0) is 41.3 Å². The Morgan fingerprint density at radius 2 is 2.21 bits per heavy atom. The fraction of sp³-hybridized carbons (Fsp3) is 0.0667. The maximum Gasteiger partial charge on any atom is 0.228 e. The van der Waals surface area contributed by atoms with Crippen LogP contribution >= 0.6 is 0 Å². The zero-order chi connectivity index (χ0) is 13.1. The molecule has 0 aliphatic rings. The number of aromatic amines is 1. The van der Waals surface area contributed by atoms with Crippen molar-refractivity contribution >= 4 is 22.5 Å². The van der Waals surface area contributed by atoms with Gasteiger partial charge in [-0.1, -0.05) is 6.07 Å². The second kappa shape index (κ2) is 4.94. The molecule has 19 heavy (non-hydrogen) atoms. The van der Waals surface area contributed by atoms with E-state index in [2.05, 4.69) is 15.3 Å². The Morgan fingerprint density at radius 3 is 3.05 bits per heavy atom. The minimum Gasteiger partial charge on any atom is -0.361 e. The molecule has 1 amide bonds. The Bertz CT molecular complexity index is 703. The molecule has 0 atom stereocenters. The monoisotopic (exact) mass is 251 g/mol. The Balaban J connectivity index is 1.72. The zero-order valence-corrected chi connectivity index (χ0v) is 10.3. The first kappa shape index (κ1) is 11.5. The molecule has 0 fully saturated rings. The van der Waals surface area contributed by atoms with Crippen molar-refractivity contribution in [2.45, 2.75) is 6.42 Å². The number of nitrogens with one attached hydrogen (secondary N) is 2. The summed E-state index contributed by atoms with van der Waals surface area (Å²) in [7, 11) is 0. The van der Waals surface area contributed by atoms with Gasteiger partial charge in [0.05, 0.1) is 18.3 Å². The highest BCUT2D eigenvalue weighted by Crippen LogP contribution is 2.15. The molecule has 0 spiro atoms. The first-order chi connectivity index (χ1) is 9.31.